The number of rotatable bonds is 9. The Balaban J connectivity index is 1.14. The average Bonchev–Trinajstić information content (AvgIpc) is 3.20. The molecule has 2 aliphatic heterocycles. The van der Waals surface area contributed by atoms with Gasteiger partial charge in [-0.2, -0.15) is 0 Å². The summed E-state index contributed by atoms with van der Waals surface area (Å²) in [5, 5.41) is 0. The second kappa shape index (κ2) is 10.4. The van der Waals surface area contributed by atoms with Crippen molar-refractivity contribution in [3.05, 3.63) is 59.7 Å². The molecule has 0 spiro atoms. The molecule has 0 amide bonds. The van der Waals surface area contributed by atoms with Crippen molar-refractivity contribution < 1.29 is 28.1 Å². The van der Waals surface area contributed by atoms with E-state index in [0.717, 1.165) is 22.1 Å². The summed E-state index contributed by atoms with van der Waals surface area (Å²) < 4.78 is 35.7. The molecule has 0 radical (unpaired) electrons. The topological polar surface area (TPSA) is 55.4 Å². The Hall–Kier alpha value is -1.67. The van der Waals surface area contributed by atoms with E-state index in [-0.39, 0.29) is 37.1 Å². The summed E-state index contributed by atoms with van der Waals surface area (Å²) in [7, 11) is -0.652. The Kier molecular flexibility index (Phi) is 7.82. The molecule has 2 aromatic rings. The fourth-order valence-electron chi connectivity index (χ4n) is 3.91. The van der Waals surface area contributed by atoms with E-state index in [1.165, 1.54) is 0 Å². The van der Waals surface area contributed by atoms with Crippen LogP contribution in [0.2, 0.25) is 0 Å². The van der Waals surface area contributed by atoms with Crippen molar-refractivity contribution in [1.82, 2.24) is 0 Å². The van der Waals surface area contributed by atoms with Gasteiger partial charge in [-0.05, 0) is 70.5 Å². The minimum absolute atomic E-state index is 0.0589. The molecule has 4 rings (SSSR count). The molecular weight excluding hydrogens is 442 g/mol. The third-order valence-corrected chi connectivity index (χ3v) is 7.38. The molecule has 6 nitrogen and oxygen atoms in total. The second-order valence-corrected chi connectivity index (χ2v) is 11.0. The molecule has 1 unspecified atom stereocenters. The van der Waals surface area contributed by atoms with Crippen molar-refractivity contribution in [3.8, 4) is 0 Å². The maximum Gasteiger partial charge on any atom is 0.494 e. The average molecular weight is 480 g/mol. The number of ether oxygens (including phenoxy) is 2. The SMILES string of the molecule is CC1OB(c2ccc(COCCOCc3ccc(B4OC(C)(C)C(C)(C)O4)cc3)cc2)OC1(C)C. The van der Waals surface area contributed by atoms with Crippen LogP contribution in [0, 0.1) is 0 Å². The van der Waals surface area contributed by atoms with Gasteiger partial charge in [-0.1, -0.05) is 48.5 Å². The molecule has 2 fully saturated rings. The first-order chi connectivity index (χ1) is 16.5. The Morgan fingerprint density at radius 1 is 0.657 bits per heavy atom. The summed E-state index contributed by atoms with van der Waals surface area (Å²) in [5.74, 6) is 0. The Bertz CT molecular complexity index is 958. The summed E-state index contributed by atoms with van der Waals surface area (Å²) in [4.78, 5) is 0. The van der Waals surface area contributed by atoms with Gasteiger partial charge in [0.1, 0.15) is 0 Å². The quantitative estimate of drug-likeness (QED) is 0.404. The van der Waals surface area contributed by atoms with E-state index in [1.807, 2.05) is 31.2 Å². The highest BCUT2D eigenvalue weighted by molar-refractivity contribution is 6.62. The van der Waals surface area contributed by atoms with Gasteiger partial charge in [0, 0.05) is 0 Å². The van der Waals surface area contributed by atoms with Crippen molar-refractivity contribution in [2.75, 3.05) is 13.2 Å². The molecule has 0 bridgehead atoms. The monoisotopic (exact) mass is 480 g/mol. The molecule has 2 heterocycles. The smallest absolute Gasteiger partial charge is 0.402 e. The summed E-state index contributed by atoms with van der Waals surface area (Å²) >= 11 is 0. The van der Waals surface area contributed by atoms with Gasteiger partial charge in [0.2, 0.25) is 0 Å². The third kappa shape index (κ3) is 6.19. The fraction of sp³-hybridized carbons (Fsp3) is 0.556. The minimum atomic E-state index is -0.342. The normalized spacial score (nSPS) is 22.7. The van der Waals surface area contributed by atoms with Gasteiger partial charge >= 0.3 is 14.2 Å². The van der Waals surface area contributed by atoms with Gasteiger partial charge in [0.25, 0.3) is 0 Å². The Labute approximate surface area is 210 Å². The summed E-state index contributed by atoms with van der Waals surface area (Å²) in [6.07, 6.45) is 0.0589. The minimum Gasteiger partial charge on any atom is -0.402 e. The van der Waals surface area contributed by atoms with Crippen LogP contribution in [0.25, 0.3) is 0 Å². The standard InChI is InChI=1S/C27H38B2O6/c1-20-25(2,3)33-28(32-20)23-12-8-21(9-13-23)18-30-16-17-31-19-22-10-14-24(15-11-22)29-34-26(4,5)27(6,7)35-29/h8-15,20H,16-19H2,1-7H3. The fourth-order valence-corrected chi connectivity index (χ4v) is 3.91. The summed E-state index contributed by atoms with van der Waals surface area (Å²) in [6.45, 7) is 16.6. The number of hydrogen-bond acceptors (Lipinski definition) is 6. The first-order valence-corrected chi connectivity index (χ1v) is 12.5. The lowest BCUT2D eigenvalue weighted by atomic mass is 9.79. The lowest BCUT2D eigenvalue weighted by Gasteiger charge is -2.32. The van der Waals surface area contributed by atoms with Gasteiger partial charge in [0.05, 0.1) is 49.3 Å². The van der Waals surface area contributed by atoms with Crippen molar-refractivity contribution in [2.24, 2.45) is 0 Å². The van der Waals surface area contributed by atoms with Crippen LogP contribution in [0.15, 0.2) is 48.5 Å². The summed E-state index contributed by atoms with van der Waals surface area (Å²) in [6, 6.07) is 16.4. The zero-order valence-electron chi connectivity index (χ0n) is 22.1. The highest BCUT2D eigenvalue weighted by Crippen LogP contribution is 2.36. The van der Waals surface area contributed by atoms with Crippen LogP contribution in [-0.2, 0) is 41.3 Å². The molecule has 8 heteroatoms. The van der Waals surface area contributed by atoms with Crippen molar-refractivity contribution in [3.63, 3.8) is 0 Å². The van der Waals surface area contributed by atoms with Crippen LogP contribution in [0.3, 0.4) is 0 Å². The van der Waals surface area contributed by atoms with E-state index in [4.69, 9.17) is 28.1 Å². The molecule has 0 aromatic heterocycles. The van der Waals surface area contributed by atoms with Crippen molar-refractivity contribution in [1.29, 1.82) is 0 Å². The highest BCUT2D eigenvalue weighted by Gasteiger charge is 2.51. The number of hydrogen-bond donors (Lipinski definition) is 0. The van der Waals surface area contributed by atoms with Crippen LogP contribution in [-0.4, -0.2) is 50.4 Å². The van der Waals surface area contributed by atoms with Crippen LogP contribution in [0.4, 0.5) is 0 Å². The van der Waals surface area contributed by atoms with Crippen LogP contribution < -0.4 is 10.9 Å². The Morgan fingerprint density at radius 3 is 1.49 bits per heavy atom. The predicted molar refractivity (Wildman–Crippen MR) is 139 cm³/mol. The zero-order chi connectivity index (χ0) is 25.3. The lowest BCUT2D eigenvalue weighted by Crippen LogP contribution is -2.41. The first-order valence-electron chi connectivity index (χ1n) is 12.5. The maximum atomic E-state index is 6.11. The van der Waals surface area contributed by atoms with E-state index in [9.17, 15) is 0 Å². The molecule has 2 aliphatic rings. The molecule has 0 saturated carbocycles. The van der Waals surface area contributed by atoms with E-state index in [1.54, 1.807) is 0 Å². The largest absolute Gasteiger partial charge is 0.494 e. The van der Waals surface area contributed by atoms with Gasteiger partial charge in [0.15, 0.2) is 0 Å². The van der Waals surface area contributed by atoms with Crippen LogP contribution >= 0.6 is 0 Å². The molecule has 2 aromatic carbocycles. The zero-order valence-corrected chi connectivity index (χ0v) is 22.1. The van der Waals surface area contributed by atoms with Crippen molar-refractivity contribution >= 4 is 25.2 Å². The molecule has 2 saturated heterocycles. The number of benzene rings is 2. The molecule has 0 N–H and O–H groups in total. The second-order valence-electron chi connectivity index (χ2n) is 11.0. The van der Waals surface area contributed by atoms with E-state index >= 15 is 0 Å². The van der Waals surface area contributed by atoms with Crippen LogP contribution in [0.5, 0.6) is 0 Å². The first kappa shape index (κ1) is 26.4. The van der Waals surface area contributed by atoms with Gasteiger partial charge in [-0.15, -0.1) is 0 Å². The third-order valence-electron chi connectivity index (χ3n) is 7.38. The van der Waals surface area contributed by atoms with Gasteiger partial charge < -0.3 is 28.1 Å². The molecule has 188 valence electrons. The molecule has 1 atom stereocenters. The highest BCUT2D eigenvalue weighted by atomic mass is 16.7. The van der Waals surface area contributed by atoms with E-state index < -0.39 is 0 Å². The van der Waals surface area contributed by atoms with Gasteiger partial charge in [-0.25, -0.2) is 0 Å². The predicted octanol–water partition coefficient (Wildman–Crippen LogP) is 3.63. The van der Waals surface area contributed by atoms with Crippen LogP contribution in [0.1, 0.15) is 59.6 Å². The maximum absolute atomic E-state index is 6.11. The Morgan fingerprint density at radius 2 is 1.09 bits per heavy atom. The lowest BCUT2D eigenvalue weighted by molar-refractivity contribution is 0.00578. The molecule has 0 aliphatic carbocycles. The van der Waals surface area contributed by atoms with E-state index in [0.29, 0.717) is 26.4 Å². The molecule has 35 heavy (non-hydrogen) atoms. The van der Waals surface area contributed by atoms with Gasteiger partial charge in [-0.3, -0.25) is 0 Å². The van der Waals surface area contributed by atoms with E-state index in [2.05, 4.69) is 65.8 Å². The van der Waals surface area contributed by atoms with Crippen molar-refractivity contribution in [2.45, 2.75) is 84.6 Å². The summed E-state index contributed by atoms with van der Waals surface area (Å²) in [5.41, 5.74) is 3.31. The molecular formula is C27H38B2O6.